The van der Waals surface area contributed by atoms with E-state index in [1.807, 2.05) is 24.3 Å². The minimum absolute atomic E-state index is 0.131. The summed E-state index contributed by atoms with van der Waals surface area (Å²) in [5.41, 5.74) is 0.851. The first-order chi connectivity index (χ1) is 15.0. The van der Waals surface area contributed by atoms with Crippen molar-refractivity contribution in [2.24, 2.45) is 0 Å². The van der Waals surface area contributed by atoms with Crippen LogP contribution in [0.3, 0.4) is 0 Å². The summed E-state index contributed by atoms with van der Waals surface area (Å²) in [6.45, 7) is 2.06. The molecule has 1 aliphatic heterocycles. The third kappa shape index (κ3) is 4.81. The van der Waals surface area contributed by atoms with Crippen LogP contribution in [-0.2, 0) is 10.0 Å². The highest BCUT2D eigenvalue weighted by Gasteiger charge is 2.27. The zero-order valence-corrected chi connectivity index (χ0v) is 18.2. The van der Waals surface area contributed by atoms with Gasteiger partial charge in [0.15, 0.2) is 0 Å². The quantitative estimate of drug-likeness (QED) is 0.565. The molecule has 4 rings (SSSR count). The second-order valence-corrected chi connectivity index (χ2v) is 9.43. The van der Waals surface area contributed by atoms with Gasteiger partial charge >= 0.3 is 5.63 Å². The van der Waals surface area contributed by atoms with Crippen molar-refractivity contribution in [1.82, 2.24) is 9.62 Å². The molecule has 0 aliphatic carbocycles. The van der Waals surface area contributed by atoms with E-state index < -0.39 is 15.6 Å². The highest BCUT2D eigenvalue weighted by Crippen LogP contribution is 2.31. The van der Waals surface area contributed by atoms with Gasteiger partial charge in [0, 0.05) is 23.6 Å². The smallest absolute Gasteiger partial charge is 0.336 e. The number of fused-ring (bicyclic) bond motifs is 1. The molecule has 1 aliphatic rings. The van der Waals surface area contributed by atoms with E-state index in [0.717, 1.165) is 37.2 Å². The number of piperidine rings is 1. The maximum absolute atomic E-state index is 13.1. The predicted molar refractivity (Wildman–Crippen MR) is 119 cm³/mol. The highest BCUT2D eigenvalue weighted by atomic mass is 32.2. The number of benzene rings is 2. The number of sulfonamides is 1. The van der Waals surface area contributed by atoms with Crippen molar-refractivity contribution < 1.29 is 17.6 Å². The maximum Gasteiger partial charge on any atom is 0.336 e. The van der Waals surface area contributed by atoms with Crippen molar-refractivity contribution in [1.29, 1.82) is 0 Å². The molecule has 8 heteroatoms. The molecule has 2 heterocycles. The van der Waals surface area contributed by atoms with Gasteiger partial charge in [0.1, 0.15) is 11.3 Å². The Morgan fingerprint density at radius 1 is 1.06 bits per heavy atom. The first-order valence-electron chi connectivity index (χ1n) is 10.4. The molecule has 0 radical (unpaired) electrons. The standard InChI is InChI=1S/C23H26N2O5S/c1-29-22-8-4-3-7-19(22)20(25-13-5-2-6-14-25)16-24-31(27,28)18-10-11-21-17(15-18)9-12-23(26)30-21/h3-4,7-12,15,20,24H,2,5-6,13-14,16H2,1H3. The Morgan fingerprint density at radius 3 is 2.61 bits per heavy atom. The third-order valence-electron chi connectivity index (χ3n) is 5.70. The summed E-state index contributed by atoms with van der Waals surface area (Å²) in [7, 11) is -2.13. The number of hydrogen-bond acceptors (Lipinski definition) is 6. The van der Waals surface area contributed by atoms with Crippen LogP contribution in [0.2, 0.25) is 0 Å². The van der Waals surface area contributed by atoms with Crippen molar-refractivity contribution in [3.05, 3.63) is 70.6 Å². The normalized spacial score (nSPS) is 16.3. The van der Waals surface area contributed by atoms with Gasteiger partial charge in [-0.3, -0.25) is 4.90 Å². The molecular formula is C23H26N2O5S. The van der Waals surface area contributed by atoms with Crippen LogP contribution in [0, 0.1) is 0 Å². The van der Waals surface area contributed by atoms with Gasteiger partial charge in [-0.25, -0.2) is 17.9 Å². The maximum atomic E-state index is 13.1. The molecule has 1 N–H and O–H groups in total. The number of rotatable bonds is 7. The average Bonchev–Trinajstić information content (AvgIpc) is 2.79. The Kier molecular flexibility index (Phi) is 6.41. The van der Waals surface area contributed by atoms with E-state index in [1.165, 1.54) is 30.7 Å². The summed E-state index contributed by atoms with van der Waals surface area (Å²) < 4.78 is 39.6. The fourth-order valence-electron chi connectivity index (χ4n) is 4.10. The molecule has 0 amide bonds. The van der Waals surface area contributed by atoms with Crippen LogP contribution < -0.4 is 15.1 Å². The number of hydrogen-bond donors (Lipinski definition) is 1. The van der Waals surface area contributed by atoms with Crippen LogP contribution in [-0.4, -0.2) is 40.1 Å². The molecule has 1 aromatic heterocycles. The summed E-state index contributed by atoms with van der Waals surface area (Å²) in [6, 6.07) is 14.9. The number of nitrogens with one attached hydrogen (secondary N) is 1. The number of methoxy groups -OCH3 is 1. The van der Waals surface area contributed by atoms with E-state index in [-0.39, 0.29) is 17.5 Å². The second-order valence-electron chi connectivity index (χ2n) is 7.66. The molecule has 1 atom stereocenters. The Bertz CT molecular complexity index is 1220. The fraction of sp³-hybridized carbons (Fsp3) is 0.348. The monoisotopic (exact) mass is 442 g/mol. The molecular weight excluding hydrogens is 416 g/mol. The second kappa shape index (κ2) is 9.21. The van der Waals surface area contributed by atoms with Gasteiger partial charge in [0.25, 0.3) is 0 Å². The molecule has 0 saturated carbocycles. The first-order valence-corrected chi connectivity index (χ1v) is 11.9. The fourth-order valence-corrected chi connectivity index (χ4v) is 5.17. The molecule has 164 valence electrons. The summed E-state index contributed by atoms with van der Waals surface area (Å²) in [4.78, 5) is 13.8. The van der Waals surface area contributed by atoms with Crippen LogP contribution in [0.4, 0.5) is 0 Å². The molecule has 7 nitrogen and oxygen atoms in total. The SMILES string of the molecule is COc1ccccc1C(CNS(=O)(=O)c1ccc2oc(=O)ccc2c1)N1CCCCC1. The lowest BCUT2D eigenvalue weighted by atomic mass is 10.0. The molecule has 1 saturated heterocycles. The van der Waals surface area contributed by atoms with E-state index >= 15 is 0 Å². The van der Waals surface area contributed by atoms with E-state index in [2.05, 4.69) is 9.62 Å². The van der Waals surface area contributed by atoms with E-state index in [0.29, 0.717) is 11.0 Å². The average molecular weight is 443 g/mol. The first kappa shape index (κ1) is 21.5. The molecule has 2 aromatic carbocycles. The third-order valence-corrected chi connectivity index (χ3v) is 7.12. The Labute approximate surface area is 181 Å². The summed E-state index contributed by atoms with van der Waals surface area (Å²) in [5.74, 6) is 0.748. The lowest BCUT2D eigenvalue weighted by Crippen LogP contribution is -2.40. The zero-order chi connectivity index (χ0) is 21.8. The number of nitrogens with zero attached hydrogens (tertiary/aromatic N) is 1. The van der Waals surface area contributed by atoms with E-state index in [4.69, 9.17) is 9.15 Å². The van der Waals surface area contributed by atoms with Crippen molar-refractivity contribution >= 4 is 21.0 Å². The molecule has 3 aromatic rings. The minimum atomic E-state index is -3.76. The number of para-hydroxylation sites is 1. The predicted octanol–water partition coefficient (Wildman–Crippen LogP) is 3.31. The zero-order valence-electron chi connectivity index (χ0n) is 17.4. The van der Waals surface area contributed by atoms with Crippen molar-refractivity contribution in [2.45, 2.75) is 30.2 Å². The minimum Gasteiger partial charge on any atom is -0.496 e. The summed E-state index contributed by atoms with van der Waals surface area (Å²) >= 11 is 0. The van der Waals surface area contributed by atoms with Crippen LogP contribution in [0.1, 0.15) is 30.9 Å². The van der Waals surface area contributed by atoms with Crippen LogP contribution in [0.15, 0.2) is 68.7 Å². The van der Waals surface area contributed by atoms with E-state index in [1.54, 1.807) is 13.2 Å². The molecule has 1 fully saturated rings. The van der Waals surface area contributed by atoms with Gasteiger partial charge < -0.3 is 9.15 Å². The van der Waals surface area contributed by atoms with Gasteiger partial charge in [0.2, 0.25) is 10.0 Å². The van der Waals surface area contributed by atoms with E-state index in [9.17, 15) is 13.2 Å². The van der Waals surface area contributed by atoms with Crippen molar-refractivity contribution in [2.75, 3.05) is 26.7 Å². The van der Waals surface area contributed by atoms with Gasteiger partial charge in [-0.15, -0.1) is 0 Å². The largest absolute Gasteiger partial charge is 0.496 e. The topological polar surface area (TPSA) is 88.8 Å². The Morgan fingerprint density at radius 2 is 1.84 bits per heavy atom. The van der Waals surface area contributed by atoms with Crippen LogP contribution >= 0.6 is 0 Å². The Balaban J connectivity index is 1.61. The number of ether oxygens (including phenoxy) is 1. The Hall–Kier alpha value is -2.68. The lowest BCUT2D eigenvalue weighted by molar-refractivity contribution is 0.162. The van der Waals surface area contributed by atoms with Gasteiger partial charge in [0.05, 0.1) is 18.0 Å². The van der Waals surface area contributed by atoms with Gasteiger partial charge in [-0.2, -0.15) is 0 Å². The number of likely N-dealkylation sites (tertiary alicyclic amines) is 1. The highest BCUT2D eigenvalue weighted by molar-refractivity contribution is 7.89. The molecule has 1 unspecified atom stereocenters. The summed E-state index contributed by atoms with van der Waals surface area (Å²) in [5, 5.41) is 0.555. The van der Waals surface area contributed by atoms with Crippen molar-refractivity contribution in [3.8, 4) is 5.75 Å². The molecule has 0 bridgehead atoms. The molecule has 31 heavy (non-hydrogen) atoms. The van der Waals surface area contributed by atoms with Gasteiger partial charge in [-0.1, -0.05) is 24.6 Å². The van der Waals surface area contributed by atoms with Crippen LogP contribution in [0.25, 0.3) is 11.0 Å². The van der Waals surface area contributed by atoms with Gasteiger partial charge in [-0.05, 0) is 56.3 Å². The van der Waals surface area contributed by atoms with Crippen molar-refractivity contribution in [3.63, 3.8) is 0 Å². The molecule has 0 spiro atoms. The lowest BCUT2D eigenvalue weighted by Gasteiger charge is -2.35. The van der Waals surface area contributed by atoms with Crippen LogP contribution in [0.5, 0.6) is 5.75 Å². The summed E-state index contributed by atoms with van der Waals surface area (Å²) in [6.07, 6.45) is 3.37.